The second kappa shape index (κ2) is 18.0. The molecule has 0 heterocycles. The highest BCUT2D eigenvalue weighted by molar-refractivity contribution is 5.88. The summed E-state index contributed by atoms with van der Waals surface area (Å²) in [5.74, 6) is 0. The number of anilines is 1. The predicted molar refractivity (Wildman–Crippen MR) is 118 cm³/mol. The van der Waals surface area contributed by atoms with Crippen molar-refractivity contribution >= 4 is 18.5 Å². The van der Waals surface area contributed by atoms with E-state index >= 15 is 0 Å². The molecule has 0 aliphatic heterocycles. The van der Waals surface area contributed by atoms with Gasteiger partial charge in [0.05, 0.1) is 12.8 Å². The number of para-hydroxylation sites is 1. The van der Waals surface area contributed by atoms with E-state index < -0.39 is 6.09 Å². The van der Waals surface area contributed by atoms with Crippen LogP contribution < -0.4 is 4.90 Å². The minimum absolute atomic E-state index is 0.271. The molecule has 0 saturated heterocycles. The molecule has 1 rings (SSSR count). The van der Waals surface area contributed by atoms with Gasteiger partial charge < -0.3 is 14.3 Å². The number of amides is 1. The summed E-state index contributed by atoms with van der Waals surface area (Å²) in [5, 5.41) is 3.34. The molecule has 0 bridgehead atoms. The van der Waals surface area contributed by atoms with E-state index in [0.29, 0.717) is 6.54 Å². The standard InChI is InChI=1S/C12H16N2O3.C8H16.C2H6O/c1-4-14(12(15)16-3)11-8-6-5-7-10(11)9-17-13-2;1-5-7(3)8(4)6-2;1-3-2/h5-8H,2,4,9H2,1,3H3;5-6H2,1-4H3;1-2H3/b;8-7-;. The lowest BCUT2D eigenvalue weighted by Gasteiger charge is -2.21. The molecule has 0 aliphatic rings. The lowest BCUT2D eigenvalue weighted by molar-refractivity contribution is 0.133. The van der Waals surface area contributed by atoms with Gasteiger partial charge in [-0.15, -0.1) is 5.16 Å². The number of benzene rings is 1. The van der Waals surface area contributed by atoms with Gasteiger partial charge in [-0.2, -0.15) is 0 Å². The zero-order valence-electron chi connectivity index (χ0n) is 18.9. The van der Waals surface area contributed by atoms with Crippen molar-refractivity contribution in [3.8, 4) is 0 Å². The molecule has 1 amide bonds. The Morgan fingerprint density at radius 2 is 1.54 bits per heavy atom. The van der Waals surface area contributed by atoms with Gasteiger partial charge in [-0.3, -0.25) is 4.90 Å². The van der Waals surface area contributed by atoms with Crippen LogP contribution in [0.15, 0.2) is 40.6 Å². The number of rotatable bonds is 7. The second-order valence-electron chi connectivity index (χ2n) is 5.92. The number of carbonyl (C=O) groups excluding carboxylic acids is 1. The number of allylic oxidation sites excluding steroid dienone is 2. The highest BCUT2D eigenvalue weighted by Gasteiger charge is 2.17. The number of hydrogen-bond donors (Lipinski definition) is 0. The number of nitrogens with zero attached hydrogens (tertiary/aromatic N) is 2. The molecular formula is C22H38N2O4. The zero-order valence-corrected chi connectivity index (χ0v) is 18.9. The summed E-state index contributed by atoms with van der Waals surface area (Å²) < 4.78 is 8.98. The third-order valence-corrected chi connectivity index (χ3v) is 4.09. The maximum absolute atomic E-state index is 11.6. The zero-order chi connectivity index (χ0) is 21.9. The topological polar surface area (TPSA) is 60.4 Å². The van der Waals surface area contributed by atoms with Crippen LogP contribution in [0.1, 0.15) is 53.0 Å². The van der Waals surface area contributed by atoms with Crippen LogP contribution in [-0.2, 0) is 20.9 Å². The molecular weight excluding hydrogens is 356 g/mol. The molecule has 0 saturated carbocycles. The largest absolute Gasteiger partial charge is 0.452 e. The van der Waals surface area contributed by atoms with Crippen LogP contribution in [0.5, 0.6) is 0 Å². The molecule has 28 heavy (non-hydrogen) atoms. The minimum Gasteiger partial charge on any atom is -0.452 e. The Morgan fingerprint density at radius 1 is 1.04 bits per heavy atom. The van der Waals surface area contributed by atoms with Gasteiger partial charge >= 0.3 is 6.09 Å². The number of oxime groups is 1. The number of hydrogen-bond acceptors (Lipinski definition) is 5. The van der Waals surface area contributed by atoms with E-state index in [1.54, 1.807) is 25.4 Å². The van der Waals surface area contributed by atoms with E-state index in [-0.39, 0.29) is 6.61 Å². The monoisotopic (exact) mass is 394 g/mol. The molecule has 0 atom stereocenters. The average molecular weight is 395 g/mol. The molecule has 0 N–H and O–H groups in total. The van der Waals surface area contributed by atoms with E-state index in [2.05, 4.69) is 44.3 Å². The van der Waals surface area contributed by atoms with Gasteiger partial charge in [0.2, 0.25) is 0 Å². The first kappa shape index (κ1) is 27.9. The van der Waals surface area contributed by atoms with Crippen molar-refractivity contribution in [2.75, 3.05) is 32.8 Å². The highest BCUT2D eigenvalue weighted by Crippen LogP contribution is 2.21. The first-order chi connectivity index (χ1) is 13.4. The van der Waals surface area contributed by atoms with Gasteiger partial charge in [0.15, 0.2) is 0 Å². The van der Waals surface area contributed by atoms with E-state index in [0.717, 1.165) is 11.3 Å². The van der Waals surface area contributed by atoms with Crippen molar-refractivity contribution in [3.05, 3.63) is 41.0 Å². The van der Waals surface area contributed by atoms with Crippen LogP contribution in [0.3, 0.4) is 0 Å². The molecule has 0 fully saturated rings. The number of ether oxygens (including phenoxy) is 2. The lowest BCUT2D eigenvalue weighted by atomic mass is 10.1. The van der Waals surface area contributed by atoms with Crippen molar-refractivity contribution in [2.45, 2.75) is 54.1 Å². The van der Waals surface area contributed by atoms with Gasteiger partial charge in [-0.05, 0) is 39.7 Å². The summed E-state index contributed by atoms with van der Waals surface area (Å²) in [6.45, 7) is 14.7. The van der Waals surface area contributed by atoms with Crippen molar-refractivity contribution in [3.63, 3.8) is 0 Å². The van der Waals surface area contributed by atoms with Crippen molar-refractivity contribution in [1.82, 2.24) is 0 Å². The molecule has 0 unspecified atom stereocenters. The number of methoxy groups -OCH3 is 2. The maximum atomic E-state index is 11.6. The fourth-order valence-corrected chi connectivity index (χ4v) is 2.12. The summed E-state index contributed by atoms with van der Waals surface area (Å²) >= 11 is 0. The van der Waals surface area contributed by atoms with Crippen LogP contribution in [0, 0.1) is 0 Å². The minimum atomic E-state index is -0.397. The summed E-state index contributed by atoms with van der Waals surface area (Å²) in [5.41, 5.74) is 4.71. The normalized spacial score (nSPS) is 10.3. The molecule has 0 aromatic heterocycles. The Hall–Kier alpha value is -2.34. The van der Waals surface area contributed by atoms with Crippen molar-refractivity contribution < 1.29 is 19.1 Å². The Kier molecular flexibility index (Phi) is 18.0. The molecule has 160 valence electrons. The van der Waals surface area contributed by atoms with Gasteiger partial charge in [0, 0.05) is 33.0 Å². The third kappa shape index (κ3) is 11.4. The van der Waals surface area contributed by atoms with E-state index in [9.17, 15) is 4.79 Å². The molecule has 6 nitrogen and oxygen atoms in total. The number of carbonyl (C=O) groups is 1. The smallest absolute Gasteiger partial charge is 0.413 e. The molecule has 1 aromatic rings. The molecule has 1 aromatic carbocycles. The summed E-state index contributed by atoms with van der Waals surface area (Å²) in [6, 6.07) is 7.43. The highest BCUT2D eigenvalue weighted by atomic mass is 16.6. The maximum Gasteiger partial charge on any atom is 0.413 e. The van der Waals surface area contributed by atoms with Crippen LogP contribution in [0.25, 0.3) is 0 Å². The summed E-state index contributed by atoms with van der Waals surface area (Å²) in [7, 11) is 4.61. The van der Waals surface area contributed by atoms with Crippen molar-refractivity contribution in [2.24, 2.45) is 5.16 Å². The van der Waals surface area contributed by atoms with Crippen LogP contribution in [-0.4, -0.2) is 40.7 Å². The Bertz CT molecular complexity index is 574. The van der Waals surface area contributed by atoms with Gasteiger partial charge in [-0.1, -0.05) is 43.2 Å². The fraction of sp³-hybridized carbons (Fsp3) is 0.545. The summed E-state index contributed by atoms with van der Waals surface area (Å²) in [6.07, 6.45) is 2.02. The molecule has 6 heteroatoms. The van der Waals surface area contributed by atoms with Crippen LogP contribution in [0.2, 0.25) is 0 Å². The molecule has 0 spiro atoms. The lowest BCUT2D eigenvalue weighted by Crippen LogP contribution is -2.31. The fourth-order valence-electron chi connectivity index (χ4n) is 2.12. The predicted octanol–water partition coefficient (Wildman–Crippen LogP) is 5.82. The van der Waals surface area contributed by atoms with Crippen LogP contribution >= 0.6 is 0 Å². The first-order valence-electron chi connectivity index (χ1n) is 9.44. The molecule has 0 aliphatic carbocycles. The average Bonchev–Trinajstić information content (AvgIpc) is 2.73. The Morgan fingerprint density at radius 3 is 1.93 bits per heavy atom. The first-order valence-corrected chi connectivity index (χ1v) is 9.44. The van der Waals surface area contributed by atoms with Gasteiger partial charge in [-0.25, -0.2) is 4.79 Å². The summed E-state index contributed by atoms with van der Waals surface area (Å²) in [4.78, 5) is 18.0. The van der Waals surface area contributed by atoms with E-state index in [1.807, 2.05) is 31.2 Å². The Labute approximate surface area is 171 Å². The van der Waals surface area contributed by atoms with E-state index in [1.165, 1.54) is 24.9 Å². The van der Waals surface area contributed by atoms with Crippen molar-refractivity contribution in [1.29, 1.82) is 0 Å². The second-order valence-corrected chi connectivity index (χ2v) is 5.92. The van der Waals surface area contributed by atoms with Crippen LogP contribution in [0.4, 0.5) is 10.5 Å². The molecule has 0 radical (unpaired) electrons. The van der Waals surface area contributed by atoms with Gasteiger partial charge in [0.25, 0.3) is 0 Å². The van der Waals surface area contributed by atoms with E-state index in [4.69, 9.17) is 9.57 Å². The van der Waals surface area contributed by atoms with Gasteiger partial charge in [0.1, 0.15) is 6.61 Å². The third-order valence-electron chi connectivity index (χ3n) is 4.09. The SMILES string of the molecule is C=NOCc1ccccc1N(CC)C(=O)OC.CC/C(C)=C(/C)CC.COC. The Balaban J connectivity index is 0. The quantitative estimate of drug-likeness (QED) is 0.332.